The first kappa shape index (κ1) is 23.2. The van der Waals surface area contributed by atoms with Gasteiger partial charge in [-0.1, -0.05) is 13.8 Å². The first-order valence-corrected chi connectivity index (χ1v) is 10.3. The van der Waals surface area contributed by atoms with E-state index in [1.165, 1.54) is 12.0 Å². The molecule has 2 unspecified atom stereocenters. The lowest BCUT2D eigenvalue weighted by atomic mass is 10.1. The van der Waals surface area contributed by atoms with Crippen LogP contribution < -0.4 is 14.4 Å². The quantitative estimate of drug-likeness (QED) is 0.653. The Hall–Kier alpha value is -2.43. The molecule has 0 N–H and O–H groups in total. The largest absolute Gasteiger partial charge is 0.475 e. The molecule has 4 rings (SSSR count). The molecule has 0 radical (unpaired) electrons. The Morgan fingerprint density at radius 1 is 1.29 bits per heavy atom. The van der Waals surface area contributed by atoms with Gasteiger partial charge in [-0.2, -0.15) is 9.97 Å². The van der Waals surface area contributed by atoms with E-state index in [9.17, 15) is 17.6 Å². The normalized spacial score (nSPS) is 21.0. The van der Waals surface area contributed by atoms with Crippen molar-refractivity contribution in [2.24, 2.45) is 0 Å². The summed E-state index contributed by atoms with van der Waals surface area (Å²) < 4.78 is 62.4. The number of pyridine rings is 1. The smallest absolute Gasteiger partial charge is 0.318 e. The van der Waals surface area contributed by atoms with Crippen LogP contribution >= 0.6 is 0 Å². The minimum Gasteiger partial charge on any atom is -0.475 e. The zero-order valence-electron chi connectivity index (χ0n) is 17.8. The van der Waals surface area contributed by atoms with E-state index in [0.717, 1.165) is 25.6 Å². The van der Waals surface area contributed by atoms with Crippen LogP contribution in [0.25, 0.3) is 10.9 Å². The van der Waals surface area contributed by atoms with Crippen LogP contribution in [0.15, 0.2) is 6.20 Å². The van der Waals surface area contributed by atoms with Crippen LogP contribution in [0.1, 0.15) is 26.7 Å². The van der Waals surface area contributed by atoms with Crippen molar-refractivity contribution in [3.05, 3.63) is 12.0 Å². The lowest BCUT2D eigenvalue weighted by Crippen LogP contribution is -2.32. The standard InChI is InChI=1S/C12H11F3N4O2.C8H16FN/c1-20-12-17-9-6(13)4-16-11-8(9)10(18-12)19(2-3-21-11)5-7(14)15;1-3-8-5-7(9)6-10(8)4-2/h4,7H,2-3,5H2,1H3;7-8H,3-6H2,1-2H3. The van der Waals surface area contributed by atoms with Gasteiger partial charge in [-0.15, -0.1) is 0 Å². The predicted molar refractivity (Wildman–Crippen MR) is 108 cm³/mol. The zero-order chi connectivity index (χ0) is 22.5. The molecule has 1 saturated heterocycles. The Labute approximate surface area is 178 Å². The fourth-order valence-corrected chi connectivity index (χ4v) is 3.91. The molecule has 2 aromatic heterocycles. The maximum absolute atomic E-state index is 13.9. The minimum atomic E-state index is -2.57. The first-order chi connectivity index (χ1) is 14.9. The summed E-state index contributed by atoms with van der Waals surface area (Å²) in [4.78, 5) is 15.3. The number of aromatic nitrogens is 3. The summed E-state index contributed by atoms with van der Waals surface area (Å²) in [6.07, 6.45) is -0.316. The van der Waals surface area contributed by atoms with Gasteiger partial charge < -0.3 is 14.4 Å². The Bertz CT molecular complexity index is 876. The van der Waals surface area contributed by atoms with Gasteiger partial charge in [-0.3, -0.25) is 4.90 Å². The molecule has 0 spiro atoms. The van der Waals surface area contributed by atoms with E-state index in [1.54, 1.807) is 0 Å². The molecule has 0 bridgehead atoms. The van der Waals surface area contributed by atoms with Gasteiger partial charge in [0.2, 0.25) is 5.88 Å². The average molecular weight is 445 g/mol. The molecule has 0 saturated carbocycles. The lowest BCUT2D eigenvalue weighted by Gasteiger charge is -2.21. The molecule has 2 aliphatic rings. The number of ether oxygens (including phenoxy) is 2. The van der Waals surface area contributed by atoms with E-state index in [0.29, 0.717) is 12.6 Å². The predicted octanol–water partition coefficient (Wildman–Crippen LogP) is 3.47. The summed E-state index contributed by atoms with van der Waals surface area (Å²) in [6.45, 7) is 5.66. The molecule has 11 heteroatoms. The second-order valence-corrected chi connectivity index (χ2v) is 7.34. The molecule has 1 fully saturated rings. The van der Waals surface area contributed by atoms with Crippen molar-refractivity contribution in [1.29, 1.82) is 0 Å². The number of likely N-dealkylation sites (tertiary alicyclic amines) is 1. The van der Waals surface area contributed by atoms with Crippen LogP contribution in [0.5, 0.6) is 11.9 Å². The summed E-state index contributed by atoms with van der Waals surface area (Å²) >= 11 is 0. The highest BCUT2D eigenvalue weighted by Gasteiger charge is 2.29. The third-order valence-corrected chi connectivity index (χ3v) is 5.40. The van der Waals surface area contributed by atoms with Crippen LogP contribution in [-0.2, 0) is 0 Å². The van der Waals surface area contributed by atoms with E-state index >= 15 is 0 Å². The van der Waals surface area contributed by atoms with Gasteiger partial charge in [0, 0.05) is 12.6 Å². The molecular formula is C20H27F4N5O2. The topological polar surface area (TPSA) is 63.6 Å². The number of nitrogens with zero attached hydrogens (tertiary/aromatic N) is 5. The number of halogens is 4. The Morgan fingerprint density at radius 2 is 2.06 bits per heavy atom. The third kappa shape index (κ3) is 5.25. The Balaban J connectivity index is 0.000000229. The molecule has 0 aliphatic carbocycles. The summed E-state index contributed by atoms with van der Waals surface area (Å²) in [5.41, 5.74) is -0.0667. The molecule has 2 atom stereocenters. The van der Waals surface area contributed by atoms with Crippen LogP contribution in [0.2, 0.25) is 0 Å². The van der Waals surface area contributed by atoms with Gasteiger partial charge >= 0.3 is 6.01 Å². The highest BCUT2D eigenvalue weighted by atomic mass is 19.3. The highest BCUT2D eigenvalue weighted by Crippen LogP contribution is 2.35. The average Bonchev–Trinajstić information content (AvgIpc) is 3.04. The molecule has 2 aromatic rings. The van der Waals surface area contributed by atoms with E-state index in [-0.39, 0.29) is 41.8 Å². The van der Waals surface area contributed by atoms with Gasteiger partial charge in [0.1, 0.15) is 29.5 Å². The van der Waals surface area contributed by atoms with E-state index in [1.807, 2.05) is 0 Å². The van der Waals surface area contributed by atoms with Crippen molar-refractivity contribution in [2.45, 2.75) is 45.3 Å². The summed E-state index contributed by atoms with van der Waals surface area (Å²) in [7, 11) is 1.32. The fraction of sp³-hybridized carbons (Fsp3) is 0.650. The van der Waals surface area contributed by atoms with Gasteiger partial charge in [0.15, 0.2) is 5.82 Å². The van der Waals surface area contributed by atoms with Gasteiger partial charge in [-0.25, -0.2) is 22.5 Å². The van der Waals surface area contributed by atoms with Crippen molar-refractivity contribution >= 4 is 16.7 Å². The minimum absolute atomic E-state index is 0.0667. The second-order valence-electron chi connectivity index (χ2n) is 7.34. The zero-order valence-corrected chi connectivity index (χ0v) is 17.8. The van der Waals surface area contributed by atoms with Crippen LogP contribution in [-0.4, -0.2) is 78.4 Å². The number of hydrogen-bond acceptors (Lipinski definition) is 7. The Morgan fingerprint density at radius 3 is 2.68 bits per heavy atom. The number of anilines is 1. The number of methoxy groups -OCH3 is 1. The molecule has 0 amide bonds. The Kier molecular flexibility index (Phi) is 7.69. The summed E-state index contributed by atoms with van der Waals surface area (Å²) in [5, 5.41) is 0.175. The van der Waals surface area contributed by atoms with Crippen molar-refractivity contribution in [2.75, 3.05) is 44.8 Å². The molecule has 0 aromatic carbocycles. The van der Waals surface area contributed by atoms with Gasteiger partial charge in [0.25, 0.3) is 6.43 Å². The molecule has 2 aliphatic heterocycles. The van der Waals surface area contributed by atoms with Crippen LogP contribution in [0, 0.1) is 5.82 Å². The molecule has 7 nitrogen and oxygen atoms in total. The summed E-state index contributed by atoms with van der Waals surface area (Å²) in [5.74, 6) is -0.435. The molecule has 31 heavy (non-hydrogen) atoms. The third-order valence-electron chi connectivity index (χ3n) is 5.40. The second kappa shape index (κ2) is 10.3. The number of rotatable bonds is 5. The maximum Gasteiger partial charge on any atom is 0.318 e. The maximum atomic E-state index is 13.9. The van der Waals surface area contributed by atoms with E-state index in [4.69, 9.17) is 9.47 Å². The van der Waals surface area contributed by atoms with E-state index in [2.05, 4.69) is 33.7 Å². The SMILES string of the molecule is CCC1CC(F)CN1CC.COc1nc2c3c(ncc(F)c3n1)OCCN2CC(F)F. The van der Waals surface area contributed by atoms with Crippen molar-refractivity contribution in [3.8, 4) is 11.9 Å². The van der Waals surface area contributed by atoms with Crippen LogP contribution in [0.4, 0.5) is 23.4 Å². The first-order valence-electron chi connectivity index (χ1n) is 10.3. The number of alkyl halides is 3. The van der Waals surface area contributed by atoms with Crippen molar-refractivity contribution in [3.63, 3.8) is 0 Å². The lowest BCUT2D eigenvalue weighted by molar-refractivity contribution is 0.153. The van der Waals surface area contributed by atoms with Crippen molar-refractivity contribution < 1.29 is 27.0 Å². The highest BCUT2D eigenvalue weighted by molar-refractivity contribution is 5.94. The van der Waals surface area contributed by atoms with Gasteiger partial charge in [0.05, 0.1) is 26.4 Å². The van der Waals surface area contributed by atoms with Crippen LogP contribution in [0.3, 0.4) is 0 Å². The molecule has 4 heterocycles. The van der Waals surface area contributed by atoms with Crippen molar-refractivity contribution in [1.82, 2.24) is 19.9 Å². The van der Waals surface area contributed by atoms with E-state index < -0.39 is 25.0 Å². The monoisotopic (exact) mass is 445 g/mol. The number of hydrogen-bond donors (Lipinski definition) is 0. The molecular weight excluding hydrogens is 418 g/mol. The fourth-order valence-electron chi connectivity index (χ4n) is 3.91. The van der Waals surface area contributed by atoms with Gasteiger partial charge in [-0.05, 0) is 19.4 Å². The molecule has 172 valence electrons. The summed E-state index contributed by atoms with van der Waals surface area (Å²) in [6, 6.07) is 0.412.